The van der Waals surface area contributed by atoms with Crippen LogP contribution in [0.3, 0.4) is 0 Å². The molecular formula is C16H24F2IN3O3S. The highest BCUT2D eigenvalue weighted by Crippen LogP contribution is 2.23. The third-order valence-corrected chi connectivity index (χ3v) is 6.62. The van der Waals surface area contributed by atoms with Gasteiger partial charge in [-0.05, 0) is 26.0 Å². The van der Waals surface area contributed by atoms with Gasteiger partial charge in [-0.15, -0.1) is 24.0 Å². The van der Waals surface area contributed by atoms with Crippen molar-refractivity contribution in [2.75, 3.05) is 39.0 Å². The fraction of sp³-hybridized carbons (Fsp3) is 0.562. The number of rotatable bonds is 4. The average Bonchev–Trinajstić information content (AvgIpc) is 2.52. The molecule has 0 aliphatic carbocycles. The number of sulfone groups is 1. The van der Waals surface area contributed by atoms with Crippen LogP contribution in [0, 0.1) is 11.6 Å². The summed E-state index contributed by atoms with van der Waals surface area (Å²) in [4.78, 5) is 6.03. The van der Waals surface area contributed by atoms with Crippen LogP contribution in [-0.4, -0.2) is 63.1 Å². The standard InChI is InChI=1S/C16H23F2N3O3S.HI/c1-16(2)11-21(7-9-25(16,22)23)15(19-3)20-6-8-24-14-5-4-12(17)10-13(14)18;/h4-5,10H,6-9,11H2,1-3H3,(H,19,20);1H. The Morgan fingerprint density at radius 3 is 2.65 bits per heavy atom. The smallest absolute Gasteiger partial charge is 0.193 e. The van der Waals surface area contributed by atoms with E-state index in [2.05, 4.69) is 10.3 Å². The summed E-state index contributed by atoms with van der Waals surface area (Å²) >= 11 is 0. The summed E-state index contributed by atoms with van der Waals surface area (Å²) in [6.07, 6.45) is 0. The van der Waals surface area contributed by atoms with Gasteiger partial charge in [-0.2, -0.15) is 0 Å². The van der Waals surface area contributed by atoms with Gasteiger partial charge in [-0.3, -0.25) is 4.99 Å². The van der Waals surface area contributed by atoms with Crippen LogP contribution < -0.4 is 10.1 Å². The zero-order valence-electron chi connectivity index (χ0n) is 15.0. The number of halogens is 3. The van der Waals surface area contributed by atoms with Gasteiger partial charge < -0.3 is 15.0 Å². The van der Waals surface area contributed by atoms with E-state index in [1.165, 1.54) is 6.07 Å². The summed E-state index contributed by atoms with van der Waals surface area (Å²) in [7, 11) is -1.52. The molecule has 0 amide bonds. The van der Waals surface area contributed by atoms with Crippen LogP contribution in [0.25, 0.3) is 0 Å². The molecule has 1 heterocycles. The van der Waals surface area contributed by atoms with E-state index < -0.39 is 26.2 Å². The van der Waals surface area contributed by atoms with Crippen LogP contribution in [0.2, 0.25) is 0 Å². The molecule has 1 aromatic carbocycles. The zero-order valence-corrected chi connectivity index (χ0v) is 18.1. The monoisotopic (exact) mass is 503 g/mol. The van der Waals surface area contributed by atoms with Crippen molar-refractivity contribution >= 4 is 39.8 Å². The molecule has 2 rings (SSSR count). The van der Waals surface area contributed by atoms with Crippen LogP contribution in [-0.2, 0) is 9.84 Å². The Bertz CT molecular complexity index is 757. The van der Waals surface area contributed by atoms with E-state index in [0.29, 0.717) is 25.6 Å². The molecule has 1 fully saturated rings. The van der Waals surface area contributed by atoms with Crippen molar-refractivity contribution in [1.29, 1.82) is 0 Å². The van der Waals surface area contributed by atoms with E-state index in [1.54, 1.807) is 20.9 Å². The Labute approximate surface area is 169 Å². The maximum absolute atomic E-state index is 13.5. The molecule has 1 N–H and O–H groups in total. The third-order valence-electron chi connectivity index (χ3n) is 4.09. The predicted octanol–water partition coefficient (Wildman–Crippen LogP) is 2.05. The van der Waals surface area contributed by atoms with E-state index in [9.17, 15) is 17.2 Å². The second-order valence-electron chi connectivity index (χ2n) is 6.40. The topological polar surface area (TPSA) is 71.0 Å². The lowest BCUT2D eigenvalue weighted by molar-refractivity contribution is 0.299. The van der Waals surface area contributed by atoms with Gasteiger partial charge in [0, 0.05) is 26.2 Å². The second kappa shape index (κ2) is 9.16. The van der Waals surface area contributed by atoms with Gasteiger partial charge in [-0.25, -0.2) is 17.2 Å². The molecule has 0 radical (unpaired) electrons. The van der Waals surface area contributed by atoms with Crippen LogP contribution >= 0.6 is 24.0 Å². The molecule has 0 aromatic heterocycles. The first-order valence-corrected chi connectivity index (χ1v) is 9.57. The summed E-state index contributed by atoms with van der Waals surface area (Å²) in [6.45, 7) is 4.58. The average molecular weight is 503 g/mol. The van der Waals surface area contributed by atoms with Crippen molar-refractivity contribution in [2.45, 2.75) is 18.6 Å². The summed E-state index contributed by atoms with van der Waals surface area (Å²) < 4.78 is 54.9. The van der Waals surface area contributed by atoms with Crippen molar-refractivity contribution in [1.82, 2.24) is 10.2 Å². The number of nitrogens with one attached hydrogen (secondary N) is 1. The van der Waals surface area contributed by atoms with E-state index >= 15 is 0 Å². The van der Waals surface area contributed by atoms with Crippen molar-refractivity contribution in [3.05, 3.63) is 29.8 Å². The molecule has 26 heavy (non-hydrogen) atoms. The van der Waals surface area contributed by atoms with Gasteiger partial charge in [0.15, 0.2) is 27.4 Å². The molecule has 0 atom stereocenters. The van der Waals surface area contributed by atoms with Gasteiger partial charge in [0.1, 0.15) is 12.4 Å². The number of guanidine groups is 1. The molecule has 148 valence electrons. The molecule has 1 saturated heterocycles. The highest BCUT2D eigenvalue weighted by atomic mass is 127. The molecule has 0 unspecified atom stereocenters. The van der Waals surface area contributed by atoms with E-state index in [4.69, 9.17) is 4.74 Å². The van der Waals surface area contributed by atoms with E-state index in [-0.39, 0.29) is 42.1 Å². The van der Waals surface area contributed by atoms with Crippen molar-refractivity contribution in [2.24, 2.45) is 4.99 Å². The minimum atomic E-state index is -3.13. The normalized spacial score (nSPS) is 18.8. The molecule has 10 heteroatoms. The quantitative estimate of drug-likeness (QED) is 0.295. The number of ether oxygens (including phenoxy) is 1. The fourth-order valence-corrected chi connectivity index (χ4v) is 3.94. The molecule has 1 aromatic rings. The minimum Gasteiger partial charge on any atom is -0.489 e. The number of nitrogens with zero attached hydrogens (tertiary/aromatic N) is 2. The summed E-state index contributed by atoms with van der Waals surface area (Å²) in [6, 6.07) is 3.12. The van der Waals surface area contributed by atoms with Gasteiger partial charge in [0.25, 0.3) is 0 Å². The Morgan fingerprint density at radius 1 is 1.38 bits per heavy atom. The number of aliphatic imine (C=N–C) groups is 1. The number of hydrogen-bond donors (Lipinski definition) is 1. The Kier molecular flexibility index (Phi) is 8.05. The molecule has 1 aliphatic rings. The van der Waals surface area contributed by atoms with E-state index in [1.807, 2.05) is 4.90 Å². The maximum Gasteiger partial charge on any atom is 0.193 e. The second-order valence-corrected chi connectivity index (χ2v) is 9.14. The van der Waals surface area contributed by atoms with Crippen LogP contribution in [0.5, 0.6) is 5.75 Å². The van der Waals surface area contributed by atoms with Crippen LogP contribution in [0.15, 0.2) is 23.2 Å². The highest BCUT2D eigenvalue weighted by Gasteiger charge is 2.40. The first-order valence-electron chi connectivity index (χ1n) is 7.92. The molecular weight excluding hydrogens is 479 g/mol. The van der Waals surface area contributed by atoms with Gasteiger partial charge in [-0.1, -0.05) is 0 Å². The lowest BCUT2D eigenvalue weighted by atomic mass is 10.2. The van der Waals surface area contributed by atoms with Gasteiger partial charge >= 0.3 is 0 Å². The van der Waals surface area contributed by atoms with Gasteiger partial charge in [0.2, 0.25) is 0 Å². The first-order chi connectivity index (χ1) is 11.7. The Balaban J connectivity index is 0.00000338. The Hall–Kier alpha value is -1.17. The molecule has 0 saturated carbocycles. The van der Waals surface area contributed by atoms with Crippen molar-refractivity contribution in [3.63, 3.8) is 0 Å². The van der Waals surface area contributed by atoms with Crippen LogP contribution in [0.4, 0.5) is 8.78 Å². The van der Waals surface area contributed by atoms with E-state index in [0.717, 1.165) is 12.1 Å². The third kappa shape index (κ3) is 5.41. The van der Waals surface area contributed by atoms with Crippen molar-refractivity contribution in [3.8, 4) is 5.75 Å². The molecule has 1 aliphatic heterocycles. The first kappa shape index (κ1) is 22.9. The number of hydrogen-bond acceptors (Lipinski definition) is 4. The predicted molar refractivity (Wildman–Crippen MR) is 108 cm³/mol. The SMILES string of the molecule is CN=C(NCCOc1ccc(F)cc1F)N1CCS(=O)(=O)C(C)(C)C1.I. The largest absolute Gasteiger partial charge is 0.489 e. The van der Waals surface area contributed by atoms with Crippen LogP contribution in [0.1, 0.15) is 13.8 Å². The summed E-state index contributed by atoms with van der Waals surface area (Å²) in [5.41, 5.74) is 0. The lowest BCUT2D eigenvalue weighted by Gasteiger charge is -2.39. The summed E-state index contributed by atoms with van der Waals surface area (Å²) in [5, 5.41) is 3.06. The summed E-state index contributed by atoms with van der Waals surface area (Å²) in [5.74, 6) is -0.814. The molecule has 0 spiro atoms. The Morgan fingerprint density at radius 2 is 2.08 bits per heavy atom. The van der Waals surface area contributed by atoms with Gasteiger partial charge in [0.05, 0.1) is 17.0 Å². The fourth-order valence-electron chi connectivity index (χ4n) is 2.57. The number of benzene rings is 1. The maximum atomic E-state index is 13.5. The molecule has 0 bridgehead atoms. The minimum absolute atomic E-state index is 0. The van der Waals surface area contributed by atoms with Crippen molar-refractivity contribution < 1.29 is 21.9 Å². The lowest BCUT2D eigenvalue weighted by Crippen LogP contribution is -2.57. The molecule has 6 nitrogen and oxygen atoms in total. The zero-order chi connectivity index (χ0) is 18.7. The highest BCUT2D eigenvalue weighted by molar-refractivity contribution is 14.0.